The molecule has 1 saturated heterocycles. The Balaban J connectivity index is 1.79. The molecule has 3 heterocycles. The van der Waals surface area contributed by atoms with Gasteiger partial charge in [0, 0.05) is 37.8 Å². The lowest BCUT2D eigenvalue weighted by atomic mass is 10.1. The van der Waals surface area contributed by atoms with Crippen molar-refractivity contribution in [1.82, 2.24) is 19.7 Å². The number of hydrogen-bond donors (Lipinski definition) is 0. The normalized spacial score (nSPS) is 18.4. The van der Waals surface area contributed by atoms with Crippen LogP contribution in [0.5, 0.6) is 0 Å². The van der Waals surface area contributed by atoms with E-state index in [1.807, 2.05) is 29.7 Å². The molecule has 0 unspecified atom stereocenters. The third-order valence-corrected chi connectivity index (χ3v) is 4.48. The van der Waals surface area contributed by atoms with Crippen LogP contribution in [0.4, 0.5) is 0 Å². The quantitative estimate of drug-likeness (QED) is 0.867. The minimum Gasteiger partial charge on any atom is -0.378 e. The lowest BCUT2D eigenvalue weighted by Crippen LogP contribution is -2.30. The summed E-state index contributed by atoms with van der Waals surface area (Å²) in [6.45, 7) is 1.22. The average molecular weight is 306 g/mol. The van der Waals surface area contributed by atoms with Crippen LogP contribution in [0.2, 0.25) is 0 Å². The number of aryl methyl sites for hydroxylation is 1. The van der Waals surface area contributed by atoms with Crippen molar-refractivity contribution in [3.05, 3.63) is 34.0 Å². The molecule has 1 atom stereocenters. The van der Waals surface area contributed by atoms with Gasteiger partial charge in [0.05, 0.1) is 18.8 Å². The van der Waals surface area contributed by atoms with Gasteiger partial charge in [0.15, 0.2) is 0 Å². The van der Waals surface area contributed by atoms with Crippen molar-refractivity contribution in [3.8, 4) is 0 Å². The first-order valence-corrected chi connectivity index (χ1v) is 7.80. The molecule has 1 fully saturated rings. The summed E-state index contributed by atoms with van der Waals surface area (Å²) in [7, 11) is 3.52. The number of ether oxygens (including phenoxy) is 1. The summed E-state index contributed by atoms with van der Waals surface area (Å²) in [6, 6.07) is 0.110. The molecule has 0 spiro atoms. The number of amides is 1. The van der Waals surface area contributed by atoms with Gasteiger partial charge in [-0.3, -0.25) is 9.48 Å². The van der Waals surface area contributed by atoms with Crippen molar-refractivity contribution in [2.75, 3.05) is 13.7 Å². The summed E-state index contributed by atoms with van der Waals surface area (Å²) in [4.78, 5) is 18.9. The number of likely N-dealkylation sites (tertiary alicyclic amines) is 1. The fourth-order valence-electron chi connectivity index (χ4n) is 2.71. The van der Waals surface area contributed by atoms with E-state index in [4.69, 9.17) is 4.74 Å². The first-order chi connectivity index (χ1) is 10.2. The van der Waals surface area contributed by atoms with Crippen LogP contribution in [-0.4, -0.2) is 39.2 Å². The minimum absolute atomic E-state index is 0.0000406. The summed E-state index contributed by atoms with van der Waals surface area (Å²) < 4.78 is 6.83. The van der Waals surface area contributed by atoms with Gasteiger partial charge in [-0.1, -0.05) is 0 Å². The summed E-state index contributed by atoms with van der Waals surface area (Å²) in [5.74, 6) is -0.0000406. The smallest absolute Gasteiger partial charge is 0.273 e. The van der Waals surface area contributed by atoms with Crippen molar-refractivity contribution >= 4 is 17.2 Å². The zero-order chi connectivity index (χ0) is 14.8. The number of nitrogens with zero attached hydrogens (tertiary/aromatic N) is 4. The van der Waals surface area contributed by atoms with Crippen molar-refractivity contribution in [2.45, 2.75) is 25.5 Å². The largest absolute Gasteiger partial charge is 0.378 e. The molecule has 3 rings (SSSR count). The maximum absolute atomic E-state index is 12.7. The highest BCUT2D eigenvalue weighted by molar-refractivity contribution is 7.09. The van der Waals surface area contributed by atoms with Crippen LogP contribution in [0.25, 0.3) is 0 Å². The molecule has 1 amide bonds. The van der Waals surface area contributed by atoms with Gasteiger partial charge in [0.25, 0.3) is 5.91 Å². The van der Waals surface area contributed by atoms with Crippen LogP contribution in [-0.2, 0) is 18.4 Å². The Labute approximate surface area is 127 Å². The van der Waals surface area contributed by atoms with Crippen molar-refractivity contribution in [1.29, 1.82) is 0 Å². The highest BCUT2D eigenvalue weighted by atomic mass is 32.1. The van der Waals surface area contributed by atoms with E-state index in [0.29, 0.717) is 12.3 Å². The van der Waals surface area contributed by atoms with Gasteiger partial charge < -0.3 is 9.64 Å². The number of carbonyl (C=O) groups is 1. The van der Waals surface area contributed by atoms with Crippen LogP contribution < -0.4 is 0 Å². The molecule has 1 aliphatic rings. The van der Waals surface area contributed by atoms with Gasteiger partial charge in [-0.05, 0) is 12.8 Å². The number of hydrogen-bond acceptors (Lipinski definition) is 5. The third kappa shape index (κ3) is 2.84. The Bertz CT molecular complexity index is 636. The van der Waals surface area contributed by atoms with Crippen LogP contribution in [0.15, 0.2) is 17.8 Å². The van der Waals surface area contributed by atoms with Gasteiger partial charge in [-0.25, -0.2) is 4.98 Å². The molecule has 6 nitrogen and oxygen atoms in total. The predicted octanol–water partition coefficient (Wildman–Crippen LogP) is 2.00. The molecule has 0 bridgehead atoms. The first-order valence-electron chi connectivity index (χ1n) is 6.92. The van der Waals surface area contributed by atoms with Gasteiger partial charge in [0.2, 0.25) is 0 Å². The van der Waals surface area contributed by atoms with Crippen molar-refractivity contribution in [3.63, 3.8) is 0 Å². The molecule has 112 valence electrons. The number of thiazole rings is 1. The van der Waals surface area contributed by atoms with E-state index >= 15 is 0 Å². The molecule has 1 aliphatic heterocycles. The van der Waals surface area contributed by atoms with Crippen LogP contribution >= 0.6 is 11.3 Å². The monoisotopic (exact) mass is 306 g/mol. The second-order valence-electron chi connectivity index (χ2n) is 5.16. The van der Waals surface area contributed by atoms with E-state index < -0.39 is 0 Å². The summed E-state index contributed by atoms with van der Waals surface area (Å²) in [5.41, 5.74) is 1.61. The Morgan fingerprint density at radius 3 is 3.14 bits per heavy atom. The average Bonchev–Trinajstić information content (AvgIpc) is 3.17. The van der Waals surface area contributed by atoms with Gasteiger partial charge in [-0.15, -0.1) is 11.3 Å². The van der Waals surface area contributed by atoms with Gasteiger partial charge >= 0.3 is 0 Å². The SMILES string of the molecule is COCc1nc(C(=O)N2CCC[C@H]2c2cnn(C)c2)cs1. The number of aromatic nitrogens is 3. The topological polar surface area (TPSA) is 60.2 Å². The van der Waals surface area contributed by atoms with Gasteiger partial charge in [0.1, 0.15) is 10.7 Å². The lowest BCUT2D eigenvalue weighted by molar-refractivity contribution is 0.0730. The fraction of sp³-hybridized carbons (Fsp3) is 0.500. The Hall–Kier alpha value is -1.73. The molecule has 21 heavy (non-hydrogen) atoms. The van der Waals surface area contributed by atoms with E-state index in [1.165, 1.54) is 11.3 Å². The zero-order valence-electron chi connectivity index (χ0n) is 12.2. The van der Waals surface area contributed by atoms with E-state index in [1.54, 1.807) is 11.8 Å². The molecule has 0 saturated carbocycles. The van der Waals surface area contributed by atoms with Crippen LogP contribution in [0.3, 0.4) is 0 Å². The standard InChI is InChI=1S/C14H18N4O2S/c1-17-7-10(6-15-17)12-4-3-5-18(12)14(19)11-9-21-13(16-11)8-20-2/h6-7,9,12H,3-5,8H2,1-2H3/t12-/m0/s1. The van der Waals surface area contributed by atoms with E-state index in [2.05, 4.69) is 10.1 Å². The second-order valence-corrected chi connectivity index (χ2v) is 6.11. The molecule has 0 aromatic carbocycles. The molecule has 0 aliphatic carbocycles. The van der Waals surface area contributed by atoms with Crippen LogP contribution in [0.1, 0.15) is 39.9 Å². The molecule has 2 aromatic heterocycles. The van der Waals surface area contributed by atoms with Crippen LogP contribution in [0, 0.1) is 0 Å². The van der Waals surface area contributed by atoms with E-state index in [9.17, 15) is 4.79 Å². The van der Waals surface area contributed by atoms with Crippen molar-refractivity contribution < 1.29 is 9.53 Å². The molecule has 7 heteroatoms. The maximum atomic E-state index is 12.7. The predicted molar refractivity (Wildman–Crippen MR) is 79.0 cm³/mol. The number of methoxy groups -OCH3 is 1. The second kappa shape index (κ2) is 5.95. The summed E-state index contributed by atoms with van der Waals surface area (Å²) in [6.07, 6.45) is 5.81. The first kappa shape index (κ1) is 14.2. The summed E-state index contributed by atoms with van der Waals surface area (Å²) >= 11 is 1.46. The van der Waals surface area contributed by atoms with E-state index in [-0.39, 0.29) is 11.9 Å². The Kier molecular flexibility index (Phi) is 4.03. The fourth-order valence-corrected chi connectivity index (χ4v) is 3.45. The molecular weight excluding hydrogens is 288 g/mol. The van der Waals surface area contributed by atoms with Crippen molar-refractivity contribution in [2.24, 2.45) is 7.05 Å². The molecule has 2 aromatic rings. The zero-order valence-corrected chi connectivity index (χ0v) is 13.0. The minimum atomic E-state index is -0.0000406. The maximum Gasteiger partial charge on any atom is 0.273 e. The molecule has 0 radical (unpaired) electrons. The summed E-state index contributed by atoms with van der Waals surface area (Å²) in [5, 5.41) is 6.85. The van der Waals surface area contributed by atoms with Gasteiger partial charge in [-0.2, -0.15) is 5.10 Å². The molecular formula is C14H18N4O2S. The Morgan fingerprint density at radius 1 is 1.57 bits per heavy atom. The highest BCUT2D eigenvalue weighted by Gasteiger charge is 2.32. The number of rotatable bonds is 4. The third-order valence-electron chi connectivity index (χ3n) is 3.66. The highest BCUT2D eigenvalue weighted by Crippen LogP contribution is 2.32. The van der Waals surface area contributed by atoms with E-state index in [0.717, 1.165) is 30.0 Å². The number of carbonyl (C=O) groups excluding carboxylic acids is 1. The Morgan fingerprint density at radius 2 is 2.43 bits per heavy atom. The molecule has 0 N–H and O–H groups in total. The lowest BCUT2D eigenvalue weighted by Gasteiger charge is -2.22.